The van der Waals surface area contributed by atoms with Crippen molar-refractivity contribution in [2.45, 2.75) is 0 Å². The molecular weight excluding hydrogens is 583 g/mol. The Hall–Kier alpha value is -6.45. The lowest BCUT2D eigenvalue weighted by molar-refractivity contribution is 1.07. The summed E-state index contributed by atoms with van der Waals surface area (Å²) < 4.78 is 0. The Kier molecular flexibility index (Phi) is 7.92. The molecule has 0 saturated heterocycles. The molecule has 1 heterocycles. The minimum atomic E-state index is 0.635. The van der Waals surface area contributed by atoms with Gasteiger partial charge in [0.25, 0.3) is 0 Å². The molecule has 8 aromatic rings. The van der Waals surface area contributed by atoms with Crippen molar-refractivity contribution in [2.75, 3.05) is 0 Å². The number of nitrogens with zero attached hydrogens (tertiary/aromatic N) is 3. The maximum absolute atomic E-state index is 5.04. The molecule has 3 heteroatoms. The summed E-state index contributed by atoms with van der Waals surface area (Å²) in [6.45, 7) is 0. The SMILES string of the molecule is c1ccc(-c2ccc(-c3nc(-c4ccc(-c5ccccc5)cc4)nc(-c4cccc(-c5cccc(-c6ccccc6)c5)c4)n3)cc2)cc1. The van der Waals surface area contributed by atoms with Gasteiger partial charge in [-0.2, -0.15) is 0 Å². The van der Waals surface area contributed by atoms with Crippen LogP contribution in [0.1, 0.15) is 0 Å². The molecule has 48 heavy (non-hydrogen) atoms. The molecule has 0 saturated carbocycles. The van der Waals surface area contributed by atoms with Crippen LogP contribution in [0.5, 0.6) is 0 Å². The molecule has 1 aromatic heterocycles. The summed E-state index contributed by atoms with van der Waals surface area (Å²) in [6, 6.07) is 65.3. The van der Waals surface area contributed by atoms with Crippen LogP contribution < -0.4 is 0 Å². The average Bonchev–Trinajstić information content (AvgIpc) is 3.19. The molecule has 3 nitrogen and oxygen atoms in total. The zero-order valence-corrected chi connectivity index (χ0v) is 26.2. The highest BCUT2D eigenvalue weighted by Gasteiger charge is 2.14. The van der Waals surface area contributed by atoms with E-state index in [9.17, 15) is 0 Å². The van der Waals surface area contributed by atoms with E-state index in [1.54, 1.807) is 0 Å². The molecule has 0 N–H and O–H groups in total. The quantitative estimate of drug-likeness (QED) is 0.179. The lowest BCUT2D eigenvalue weighted by atomic mass is 9.98. The van der Waals surface area contributed by atoms with Crippen molar-refractivity contribution < 1.29 is 0 Å². The van der Waals surface area contributed by atoms with Gasteiger partial charge in [0, 0.05) is 16.7 Å². The molecule has 0 aliphatic heterocycles. The van der Waals surface area contributed by atoms with Crippen LogP contribution in [-0.2, 0) is 0 Å². The Balaban J connectivity index is 1.20. The average molecular weight is 614 g/mol. The Bertz CT molecular complexity index is 2200. The maximum Gasteiger partial charge on any atom is 0.164 e. The van der Waals surface area contributed by atoms with Gasteiger partial charge >= 0.3 is 0 Å². The first-order valence-electron chi connectivity index (χ1n) is 16.1. The predicted octanol–water partition coefficient (Wildman–Crippen LogP) is 11.5. The second-order valence-corrected chi connectivity index (χ2v) is 11.7. The van der Waals surface area contributed by atoms with Gasteiger partial charge in [-0.25, -0.2) is 15.0 Å². The second kappa shape index (κ2) is 13.1. The van der Waals surface area contributed by atoms with Crippen molar-refractivity contribution in [2.24, 2.45) is 0 Å². The van der Waals surface area contributed by atoms with E-state index in [1.165, 1.54) is 22.3 Å². The number of hydrogen-bond donors (Lipinski definition) is 0. The summed E-state index contributed by atoms with van der Waals surface area (Å²) in [4.78, 5) is 15.1. The van der Waals surface area contributed by atoms with Crippen molar-refractivity contribution >= 4 is 0 Å². The van der Waals surface area contributed by atoms with Crippen LogP contribution in [0.2, 0.25) is 0 Å². The number of hydrogen-bond acceptors (Lipinski definition) is 3. The van der Waals surface area contributed by atoms with Crippen LogP contribution in [0.4, 0.5) is 0 Å². The van der Waals surface area contributed by atoms with Crippen molar-refractivity contribution in [3.63, 3.8) is 0 Å². The minimum Gasteiger partial charge on any atom is -0.208 e. The van der Waals surface area contributed by atoms with Crippen molar-refractivity contribution in [3.05, 3.63) is 188 Å². The monoisotopic (exact) mass is 613 g/mol. The zero-order valence-electron chi connectivity index (χ0n) is 26.2. The van der Waals surface area contributed by atoms with Crippen LogP contribution >= 0.6 is 0 Å². The van der Waals surface area contributed by atoms with E-state index < -0.39 is 0 Å². The Morgan fingerprint density at radius 2 is 0.438 bits per heavy atom. The summed E-state index contributed by atoms with van der Waals surface area (Å²) in [7, 11) is 0. The van der Waals surface area contributed by atoms with Gasteiger partial charge in [0.2, 0.25) is 0 Å². The number of rotatable bonds is 7. The van der Waals surface area contributed by atoms with Gasteiger partial charge in [-0.05, 0) is 56.6 Å². The third kappa shape index (κ3) is 6.18. The largest absolute Gasteiger partial charge is 0.208 e. The molecule has 0 aliphatic rings. The molecule has 8 rings (SSSR count). The third-order valence-electron chi connectivity index (χ3n) is 8.56. The molecule has 0 fully saturated rings. The zero-order chi connectivity index (χ0) is 32.1. The Morgan fingerprint density at radius 3 is 0.854 bits per heavy atom. The second-order valence-electron chi connectivity index (χ2n) is 11.7. The Labute approximate surface area is 280 Å². The summed E-state index contributed by atoms with van der Waals surface area (Å²) in [5, 5.41) is 0. The standard InChI is InChI=1S/C45H31N3/c1-4-12-32(13-5-1)35-22-26-37(27-23-35)43-46-44(38-28-24-36(25-29-38)33-14-6-2-7-15-33)48-45(47-43)42-21-11-20-41(31-42)40-19-10-18-39(30-40)34-16-8-3-9-17-34/h1-31H. The van der Waals surface area contributed by atoms with Crippen molar-refractivity contribution in [1.82, 2.24) is 15.0 Å². The molecule has 0 spiro atoms. The van der Waals surface area contributed by atoms with E-state index in [-0.39, 0.29) is 0 Å². The highest BCUT2D eigenvalue weighted by Crippen LogP contribution is 2.32. The fourth-order valence-electron chi connectivity index (χ4n) is 5.99. The van der Waals surface area contributed by atoms with E-state index in [0.717, 1.165) is 38.9 Å². The van der Waals surface area contributed by atoms with Crippen molar-refractivity contribution in [3.8, 4) is 78.7 Å². The number of benzene rings is 7. The van der Waals surface area contributed by atoms with E-state index in [1.807, 2.05) is 18.2 Å². The number of aromatic nitrogens is 3. The van der Waals surface area contributed by atoms with Crippen LogP contribution in [0.3, 0.4) is 0 Å². The van der Waals surface area contributed by atoms with E-state index in [4.69, 9.17) is 15.0 Å². The predicted molar refractivity (Wildman–Crippen MR) is 198 cm³/mol. The highest BCUT2D eigenvalue weighted by atomic mass is 15.0. The van der Waals surface area contributed by atoms with Gasteiger partial charge in [0.05, 0.1) is 0 Å². The highest BCUT2D eigenvalue weighted by molar-refractivity contribution is 5.77. The third-order valence-corrected chi connectivity index (χ3v) is 8.56. The molecular formula is C45H31N3. The summed E-state index contributed by atoms with van der Waals surface area (Å²) in [5.41, 5.74) is 12.1. The molecule has 0 unspecified atom stereocenters. The lowest BCUT2D eigenvalue weighted by Gasteiger charge is -2.11. The Morgan fingerprint density at radius 1 is 0.188 bits per heavy atom. The topological polar surface area (TPSA) is 38.7 Å². The molecule has 0 bridgehead atoms. The molecule has 0 radical (unpaired) electrons. The molecule has 226 valence electrons. The molecule has 0 amide bonds. The van der Waals surface area contributed by atoms with E-state index in [0.29, 0.717) is 17.5 Å². The maximum atomic E-state index is 5.04. The van der Waals surface area contributed by atoms with Gasteiger partial charge in [-0.15, -0.1) is 0 Å². The van der Waals surface area contributed by atoms with Crippen molar-refractivity contribution in [1.29, 1.82) is 0 Å². The van der Waals surface area contributed by atoms with Crippen LogP contribution in [-0.4, -0.2) is 15.0 Å². The summed E-state index contributed by atoms with van der Waals surface area (Å²) in [5.74, 6) is 1.91. The lowest BCUT2D eigenvalue weighted by Crippen LogP contribution is -2.00. The smallest absolute Gasteiger partial charge is 0.164 e. The fraction of sp³-hybridized carbons (Fsp3) is 0. The normalized spacial score (nSPS) is 10.9. The van der Waals surface area contributed by atoms with Crippen LogP contribution in [0.15, 0.2) is 188 Å². The molecule has 0 aliphatic carbocycles. The van der Waals surface area contributed by atoms with Gasteiger partial charge in [-0.1, -0.05) is 176 Å². The minimum absolute atomic E-state index is 0.635. The molecule has 7 aromatic carbocycles. The van der Waals surface area contributed by atoms with Gasteiger partial charge in [-0.3, -0.25) is 0 Å². The van der Waals surface area contributed by atoms with Gasteiger partial charge in [0.15, 0.2) is 17.5 Å². The first-order valence-corrected chi connectivity index (χ1v) is 16.1. The van der Waals surface area contributed by atoms with E-state index in [2.05, 4.69) is 170 Å². The fourth-order valence-corrected chi connectivity index (χ4v) is 5.99. The van der Waals surface area contributed by atoms with E-state index >= 15 is 0 Å². The molecule has 0 atom stereocenters. The van der Waals surface area contributed by atoms with Crippen LogP contribution in [0, 0.1) is 0 Å². The van der Waals surface area contributed by atoms with Crippen LogP contribution in [0.25, 0.3) is 78.7 Å². The summed E-state index contributed by atoms with van der Waals surface area (Å²) >= 11 is 0. The van der Waals surface area contributed by atoms with Gasteiger partial charge < -0.3 is 0 Å². The first-order chi connectivity index (χ1) is 23.8. The summed E-state index contributed by atoms with van der Waals surface area (Å²) in [6.07, 6.45) is 0. The first kappa shape index (κ1) is 29.0. The van der Waals surface area contributed by atoms with Gasteiger partial charge in [0.1, 0.15) is 0 Å².